The molecule has 2 aromatic heterocycles. The smallest absolute Gasteiger partial charge is 0.300 e. The van der Waals surface area contributed by atoms with Crippen molar-refractivity contribution in [3.8, 4) is 0 Å². The van der Waals surface area contributed by atoms with Crippen molar-refractivity contribution in [2.24, 2.45) is 0 Å². The van der Waals surface area contributed by atoms with E-state index in [4.69, 9.17) is 4.74 Å². The van der Waals surface area contributed by atoms with Crippen molar-refractivity contribution in [3.63, 3.8) is 0 Å². The fourth-order valence-electron chi connectivity index (χ4n) is 2.12. The zero-order valence-corrected chi connectivity index (χ0v) is 9.35. The van der Waals surface area contributed by atoms with Crippen LogP contribution >= 0.6 is 0 Å². The molecule has 1 aliphatic heterocycles. The summed E-state index contributed by atoms with van der Waals surface area (Å²) in [5.41, 5.74) is 0.0248. The van der Waals surface area contributed by atoms with Crippen LogP contribution in [0.3, 0.4) is 0 Å². The maximum Gasteiger partial charge on any atom is 0.300 e. The van der Waals surface area contributed by atoms with E-state index in [-0.39, 0.29) is 5.52 Å². The number of aliphatic hydroxyl groups excluding tert-OH is 2. The van der Waals surface area contributed by atoms with E-state index in [2.05, 4.69) is 15.0 Å². The van der Waals surface area contributed by atoms with Crippen LogP contribution in [0.1, 0.15) is 12.6 Å². The molecule has 1 unspecified atom stereocenters. The summed E-state index contributed by atoms with van der Waals surface area (Å²) in [7, 11) is 0. The topological polar surface area (TPSA) is 113 Å². The van der Waals surface area contributed by atoms with Crippen LogP contribution in [0.15, 0.2) is 17.4 Å². The Labute approximate surface area is 101 Å². The van der Waals surface area contributed by atoms with Gasteiger partial charge in [0.2, 0.25) is 0 Å². The number of aromatic amines is 1. The highest BCUT2D eigenvalue weighted by atomic mass is 16.5. The predicted molar refractivity (Wildman–Crippen MR) is 59.8 cm³/mol. The third-order valence-electron chi connectivity index (χ3n) is 3.06. The molecule has 3 rings (SSSR count). The van der Waals surface area contributed by atoms with Gasteiger partial charge in [-0.05, 0) is 6.42 Å². The molecule has 8 heteroatoms. The van der Waals surface area contributed by atoms with Crippen molar-refractivity contribution in [2.45, 2.75) is 24.9 Å². The van der Waals surface area contributed by atoms with Gasteiger partial charge in [-0.2, -0.15) is 4.98 Å². The highest BCUT2D eigenvalue weighted by molar-refractivity contribution is 5.68. The van der Waals surface area contributed by atoms with Crippen LogP contribution in [0.4, 0.5) is 0 Å². The van der Waals surface area contributed by atoms with Gasteiger partial charge in [0.1, 0.15) is 11.8 Å². The molecule has 1 aliphatic rings. The number of imidazole rings is 1. The van der Waals surface area contributed by atoms with Crippen molar-refractivity contribution in [2.75, 3.05) is 6.61 Å². The van der Waals surface area contributed by atoms with E-state index in [1.54, 1.807) is 0 Å². The second kappa shape index (κ2) is 4.16. The molecule has 3 heterocycles. The highest BCUT2D eigenvalue weighted by Gasteiger charge is 2.34. The van der Waals surface area contributed by atoms with E-state index in [1.165, 1.54) is 17.2 Å². The Kier molecular flexibility index (Phi) is 2.62. The summed E-state index contributed by atoms with van der Waals surface area (Å²) in [6.07, 6.45) is 0.479. The van der Waals surface area contributed by atoms with E-state index in [0.29, 0.717) is 18.7 Å². The lowest BCUT2D eigenvalue weighted by Crippen LogP contribution is -2.32. The summed E-state index contributed by atoms with van der Waals surface area (Å²) < 4.78 is 6.63. The quantitative estimate of drug-likeness (QED) is 0.616. The first kappa shape index (κ1) is 11.3. The number of fused-ring (bicyclic) bond motifs is 1. The Bertz CT molecular complexity index is 622. The molecule has 0 radical (unpaired) electrons. The van der Waals surface area contributed by atoms with Crippen LogP contribution in [-0.2, 0) is 4.74 Å². The number of H-pyrrole nitrogens is 1. The van der Waals surface area contributed by atoms with Gasteiger partial charge in [-0.1, -0.05) is 0 Å². The standard InChI is InChI=1S/C10H12N4O4/c15-5-1-2-18-7(5)10(17)14-4-13-6-8(14)11-3-12-9(6)16/h3-5,7,10,15,17H,1-2H2,(H,11,12,16)/t5-,7-,10?/m0/s1. The third-order valence-corrected chi connectivity index (χ3v) is 3.06. The molecule has 3 atom stereocenters. The molecule has 18 heavy (non-hydrogen) atoms. The number of rotatable bonds is 2. The fourth-order valence-corrected chi connectivity index (χ4v) is 2.12. The lowest BCUT2D eigenvalue weighted by atomic mass is 10.1. The summed E-state index contributed by atoms with van der Waals surface area (Å²) in [5, 5.41) is 19.8. The summed E-state index contributed by atoms with van der Waals surface area (Å²) in [5.74, 6) is 0. The molecule has 1 saturated heterocycles. The average molecular weight is 252 g/mol. The van der Waals surface area contributed by atoms with Crippen molar-refractivity contribution < 1.29 is 14.9 Å². The van der Waals surface area contributed by atoms with Crippen LogP contribution in [0, 0.1) is 0 Å². The van der Waals surface area contributed by atoms with Crippen molar-refractivity contribution in [3.05, 3.63) is 23.0 Å². The Morgan fingerprint density at radius 1 is 1.56 bits per heavy atom. The second-order valence-electron chi connectivity index (χ2n) is 4.16. The number of aliphatic hydroxyl groups is 2. The van der Waals surface area contributed by atoms with Gasteiger partial charge in [0, 0.05) is 6.61 Å². The molecule has 3 N–H and O–H groups in total. The van der Waals surface area contributed by atoms with Crippen LogP contribution in [0.5, 0.6) is 0 Å². The molecule has 0 aromatic carbocycles. The van der Waals surface area contributed by atoms with Crippen LogP contribution in [0.25, 0.3) is 11.2 Å². The predicted octanol–water partition coefficient (Wildman–Crippen LogP) is -1.24. The van der Waals surface area contributed by atoms with Crippen LogP contribution < -0.4 is 5.56 Å². The van der Waals surface area contributed by atoms with Gasteiger partial charge >= 0.3 is 5.56 Å². The van der Waals surface area contributed by atoms with E-state index in [9.17, 15) is 15.0 Å². The summed E-state index contributed by atoms with van der Waals surface area (Å²) in [4.78, 5) is 21.6. The maximum absolute atomic E-state index is 11.4. The number of hydrogen-bond donors (Lipinski definition) is 3. The Morgan fingerprint density at radius 3 is 3.11 bits per heavy atom. The first-order chi connectivity index (χ1) is 8.68. The Balaban J connectivity index is 2.04. The van der Waals surface area contributed by atoms with Gasteiger partial charge in [0.05, 0.1) is 18.8 Å². The average Bonchev–Trinajstić information content (AvgIpc) is 2.95. The van der Waals surface area contributed by atoms with Gasteiger partial charge in [-0.3, -0.25) is 9.36 Å². The Morgan fingerprint density at radius 2 is 2.39 bits per heavy atom. The van der Waals surface area contributed by atoms with E-state index in [1.807, 2.05) is 0 Å². The lowest BCUT2D eigenvalue weighted by Gasteiger charge is -2.21. The minimum atomic E-state index is -1.11. The second-order valence-corrected chi connectivity index (χ2v) is 4.16. The number of ether oxygens (including phenoxy) is 1. The van der Waals surface area contributed by atoms with Gasteiger partial charge < -0.3 is 19.9 Å². The monoisotopic (exact) mass is 252 g/mol. The van der Waals surface area contributed by atoms with Crippen LogP contribution in [-0.4, -0.2) is 48.5 Å². The molecule has 0 spiro atoms. The summed E-state index contributed by atoms with van der Waals surface area (Å²) in [6, 6.07) is 0. The van der Waals surface area contributed by atoms with Gasteiger partial charge in [0.15, 0.2) is 11.7 Å². The van der Waals surface area contributed by atoms with Gasteiger partial charge in [-0.15, -0.1) is 0 Å². The van der Waals surface area contributed by atoms with E-state index in [0.717, 1.165) is 0 Å². The molecule has 0 aliphatic carbocycles. The van der Waals surface area contributed by atoms with Crippen LogP contribution in [0.2, 0.25) is 0 Å². The molecule has 0 saturated carbocycles. The minimum Gasteiger partial charge on any atom is -0.390 e. The zero-order chi connectivity index (χ0) is 12.7. The molecule has 0 amide bonds. The molecular formula is C10H12N4O4. The molecule has 96 valence electrons. The maximum atomic E-state index is 11.4. The first-order valence-electron chi connectivity index (χ1n) is 5.56. The number of nitrogens with zero attached hydrogens (tertiary/aromatic N) is 3. The summed E-state index contributed by atoms with van der Waals surface area (Å²) in [6.45, 7) is 0.396. The molecule has 2 aromatic rings. The zero-order valence-electron chi connectivity index (χ0n) is 9.35. The number of nitrogens with one attached hydrogen (secondary N) is 1. The van der Waals surface area contributed by atoms with E-state index < -0.39 is 24.0 Å². The van der Waals surface area contributed by atoms with E-state index >= 15 is 0 Å². The minimum absolute atomic E-state index is 0.143. The molecule has 8 nitrogen and oxygen atoms in total. The first-order valence-corrected chi connectivity index (χ1v) is 5.56. The largest absolute Gasteiger partial charge is 0.390 e. The number of aromatic nitrogens is 4. The molecule has 0 bridgehead atoms. The SMILES string of the molecule is O=c1nc[nH]c2c1ncn2C(O)[C@H]1OCC[C@@H]1O. The molecular weight excluding hydrogens is 240 g/mol. The van der Waals surface area contributed by atoms with Crippen molar-refractivity contribution >= 4 is 11.2 Å². The highest BCUT2D eigenvalue weighted by Crippen LogP contribution is 2.24. The van der Waals surface area contributed by atoms with Gasteiger partial charge in [-0.25, -0.2) is 4.98 Å². The molecule has 1 fully saturated rings. The third kappa shape index (κ3) is 1.62. The van der Waals surface area contributed by atoms with Gasteiger partial charge in [0.25, 0.3) is 0 Å². The lowest BCUT2D eigenvalue weighted by molar-refractivity contribution is -0.0778. The summed E-state index contributed by atoms with van der Waals surface area (Å²) >= 11 is 0. The van der Waals surface area contributed by atoms with Crippen molar-refractivity contribution in [1.29, 1.82) is 0 Å². The number of hydrogen-bond acceptors (Lipinski definition) is 6. The fraction of sp³-hybridized carbons (Fsp3) is 0.500. The normalized spacial score (nSPS) is 25.7. The van der Waals surface area contributed by atoms with Crippen molar-refractivity contribution in [1.82, 2.24) is 19.5 Å². The Hall–Kier alpha value is -1.77.